The van der Waals surface area contributed by atoms with Crippen molar-refractivity contribution in [1.29, 1.82) is 0 Å². The lowest BCUT2D eigenvalue weighted by Gasteiger charge is -2.26. The Morgan fingerprint density at radius 2 is 1.62 bits per heavy atom. The number of hydrogen-bond acceptors (Lipinski definition) is 6. The molecule has 1 rings (SSSR count). The van der Waals surface area contributed by atoms with Crippen LogP contribution in [-0.4, -0.2) is 57.7 Å². The molecule has 0 saturated carbocycles. The molecule has 0 heterocycles. The van der Waals surface area contributed by atoms with E-state index in [-0.39, 0.29) is 17.1 Å². The summed E-state index contributed by atoms with van der Waals surface area (Å²) in [5.74, 6) is 0.266. The third-order valence-electron chi connectivity index (χ3n) is 3.58. The summed E-state index contributed by atoms with van der Waals surface area (Å²) in [7, 11) is -15.2. The summed E-state index contributed by atoms with van der Waals surface area (Å²) in [6, 6.07) is 5.37. The van der Waals surface area contributed by atoms with E-state index in [2.05, 4.69) is 6.92 Å². The maximum Gasteiger partial charge on any atom is 0.368 e. The van der Waals surface area contributed by atoms with Crippen LogP contribution in [0.25, 0.3) is 0 Å². The van der Waals surface area contributed by atoms with Gasteiger partial charge in [0.05, 0.1) is 16.4 Å². The van der Waals surface area contributed by atoms with E-state index in [0.717, 1.165) is 18.6 Å². The predicted octanol–water partition coefficient (Wildman–Crippen LogP) is 2.11. The van der Waals surface area contributed by atoms with Gasteiger partial charge in [-0.15, -0.1) is 0 Å². The Morgan fingerprint density at radius 1 is 1.04 bits per heavy atom. The zero-order valence-corrected chi connectivity index (χ0v) is 17.5. The van der Waals surface area contributed by atoms with Crippen LogP contribution in [0.15, 0.2) is 29.2 Å². The number of aryl methyl sites for hydroxylation is 1. The highest BCUT2D eigenvalue weighted by Gasteiger charge is 2.44. The van der Waals surface area contributed by atoms with Crippen LogP contribution in [0.2, 0.25) is 0 Å². The minimum atomic E-state index is -6.22. The van der Waals surface area contributed by atoms with E-state index in [9.17, 15) is 30.1 Å². The summed E-state index contributed by atoms with van der Waals surface area (Å²) in [6.07, 6.45) is 1.74. The Hall–Kier alpha value is -0.500. The molecule has 0 unspecified atom stereocenters. The number of rotatable bonds is 11. The SMILES string of the molecule is CCCCSCCS(=O)(=O)c1ccc(CCS(=O)(O)(O)S(=O)(=O)O)cc1. The van der Waals surface area contributed by atoms with Gasteiger partial charge in [-0.25, -0.2) is 12.6 Å². The first-order valence-electron chi connectivity index (χ1n) is 7.79. The lowest BCUT2D eigenvalue weighted by atomic mass is 10.2. The van der Waals surface area contributed by atoms with Gasteiger partial charge in [0.1, 0.15) is 0 Å². The van der Waals surface area contributed by atoms with Crippen molar-refractivity contribution < 1.29 is 34.7 Å². The van der Waals surface area contributed by atoms with Crippen molar-refractivity contribution in [2.24, 2.45) is 0 Å². The Balaban J connectivity index is 2.73. The first-order valence-corrected chi connectivity index (χ1v) is 14.6. The highest BCUT2D eigenvalue weighted by molar-refractivity contribution is 8.74. The fourth-order valence-corrected chi connectivity index (χ4v) is 6.41. The summed E-state index contributed by atoms with van der Waals surface area (Å²) in [4.78, 5) is 0.0952. The molecular weight excluding hydrogens is 424 g/mol. The van der Waals surface area contributed by atoms with E-state index in [0.29, 0.717) is 11.3 Å². The quantitative estimate of drug-likeness (QED) is 0.263. The summed E-state index contributed by atoms with van der Waals surface area (Å²) in [6.45, 7) is 2.06. The third kappa shape index (κ3) is 6.59. The van der Waals surface area contributed by atoms with E-state index in [4.69, 9.17) is 4.55 Å². The lowest BCUT2D eigenvalue weighted by Crippen LogP contribution is -2.43. The second kappa shape index (κ2) is 8.67. The molecule has 3 N–H and O–H groups in total. The van der Waals surface area contributed by atoms with Gasteiger partial charge >= 0.3 is 9.15 Å². The van der Waals surface area contributed by atoms with Crippen molar-refractivity contribution in [3.8, 4) is 0 Å². The maximum absolute atomic E-state index is 12.2. The van der Waals surface area contributed by atoms with Crippen LogP contribution in [0.5, 0.6) is 0 Å². The molecule has 0 atom stereocenters. The minimum absolute atomic E-state index is 0.00708. The normalized spacial score (nSPS) is 14.7. The molecule has 8 nitrogen and oxygen atoms in total. The van der Waals surface area contributed by atoms with Crippen molar-refractivity contribution in [1.82, 2.24) is 0 Å². The van der Waals surface area contributed by atoms with Crippen LogP contribution in [0, 0.1) is 0 Å². The second-order valence-corrected chi connectivity index (χ2v) is 15.5. The van der Waals surface area contributed by atoms with Gasteiger partial charge < -0.3 is 0 Å². The highest BCUT2D eigenvalue weighted by Crippen LogP contribution is 2.25. The Morgan fingerprint density at radius 3 is 2.12 bits per heavy atom. The van der Waals surface area contributed by atoms with Crippen molar-refractivity contribution in [3.05, 3.63) is 29.8 Å². The van der Waals surface area contributed by atoms with Crippen molar-refractivity contribution >= 4 is 39.4 Å². The minimum Gasteiger partial charge on any atom is -0.295 e. The van der Waals surface area contributed by atoms with E-state index < -0.39 is 33.4 Å². The summed E-state index contributed by atoms with van der Waals surface area (Å²) in [5.41, 5.74) is 0.340. The summed E-state index contributed by atoms with van der Waals surface area (Å²) >= 11 is 1.57. The fourth-order valence-electron chi connectivity index (χ4n) is 1.90. The van der Waals surface area contributed by atoms with Crippen molar-refractivity contribution in [2.75, 3.05) is 23.0 Å². The average Bonchev–Trinajstić information content (AvgIpc) is 2.52. The van der Waals surface area contributed by atoms with Crippen molar-refractivity contribution in [2.45, 2.75) is 31.1 Å². The molecule has 0 aromatic heterocycles. The van der Waals surface area contributed by atoms with Crippen LogP contribution < -0.4 is 0 Å². The van der Waals surface area contributed by atoms with Crippen molar-refractivity contribution in [3.63, 3.8) is 0 Å². The van der Waals surface area contributed by atoms with E-state index in [1.165, 1.54) is 24.3 Å². The van der Waals surface area contributed by atoms with Gasteiger partial charge in [-0.05, 0) is 36.3 Å². The Kier molecular flexibility index (Phi) is 7.85. The molecule has 0 radical (unpaired) electrons. The molecule has 1 aromatic rings. The number of benzene rings is 1. The highest BCUT2D eigenvalue weighted by atomic mass is 33.2. The predicted molar refractivity (Wildman–Crippen MR) is 104 cm³/mol. The first kappa shape index (κ1) is 23.5. The van der Waals surface area contributed by atoms with Gasteiger partial charge in [0.2, 0.25) is 8.66 Å². The third-order valence-corrected chi connectivity index (χ3v) is 11.4. The van der Waals surface area contributed by atoms with Crippen LogP contribution in [0.4, 0.5) is 0 Å². The van der Waals surface area contributed by atoms with Gasteiger partial charge in [-0.3, -0.25) is 13.7 Å². The maximum atomic E-state index is 12.2. The number of thioether (sulfide) groups is 1. The Labute approximate surface area is 157 Å². The molecule has 0 bridgehead atoms. The zero-order valence-electron chi connectivity index (χ0n) is 14.3. The number of hydrogen-bond donors (Lipinski definition) is 3. The first-order chi connectivity index (χ1) is 11.8. The monoisotopic (exact) mass is 448 g/mol. The molecule has 152 valence electrons. The topological polar surface area (TPSA) is 146 Å². The van der Waals surface area contributed by atoms with Crippen LogP contribution in [0.1, 0.15) is 25.3 Å². The van der Waals surface area contributed by atoms with Gasteiger partial charge in [0, 0.05) is 5.75 Å². The molecule has 0 aliphatic rings. The molecule has 1 aromatic carbocycles. The van der Waals surface area contributed by atoms with E-state index >= 15 is 0 Å². The number of unbranched alkanes of at least 4 members (excludes halogenated alkanes) is 1. The smallest absolute Gasteiger partial charge is 0.295 e. The number of sulfone groups is 1. The van der Waals surface area contributed by atoms with Crippen LogP contribution in [-0.2, 0) is 34.1 Å². The molecule has 0 saturated heterocycles. The molecule has 0 amide bonds. The molecule has 0 aliphatic carbocycles. The van der Waals surface area contributed by atoms with Gasteiger partial charge in [-0.2, -0.15) is 20.2 Å². The Bertz CT molecular complexity index is 866. The largest absolute Gasteiger partial charge is 0.368 e. The zero-order chi connectivity index (χ0) is 20.1. The van der Waals surface area contributed by atoms with Crippen LogP contribution in [0.3, 0.4) is 0 Å². The van der Waals surface area contributed by atoms with Gasteiger partial charge in [0.15, 0.2) is 9.84 Å². The van der Waals surface area contributed by atoms with Gasteiger partial charge in [0.25, 0.3) is 0 Å². The molecule has 12 heteroatoms. The molecular formula is C14H24O8S4. The average molecular weight is 449 g/mol. The van der Waals surface area contributed by atoms with E-state index in [1.54, 1.807) is 11.8 Å². The lowest BCUT2D eigenvalue weighted by molar-refractivity contribution is 0.392. The summed E-state index contributed by atoms with van der Waals surface area (Å²) in [5, 5.41) is 0. The van der Waals surface area contributed by atoms with Crippen LogP contribution >= 0.6 is 11.8 Å². The molecule has 26 heavy (non-hydrogen) atoms. The molecule has 0 fully saturated rings. The molecule has 0 spiro atoms. The van der Waals surface area contributed by atoms with Gasteiger partial charge in [-0.1, -0.05) is 25.5 Å². The molecule has 0 aliphatic heterocycles. The standard InChI is InChI=1S/C14H24O8S4/c1-2-3-9-23-10-11-24(15,16)14-6-4-13(5-7-14)8-12-26(20,21,22)25(17,18)19/h4-7H,2-3,8-12H2,1H3,(H,17,18,19)(H2,20,21,22). The second-order valence-electron chi connectivity index (χ2n) is 5.75. The summed E-state index contributed by atoms with van der Waals surface area (Å²) < 4.78 is 85.0. The fraction of sp³-hybridized carbons (Fsp3) is 0.571. The van der Waals surface area contributed by atoms with E-state index in [1.807, 2.05) is 0 Å².